The van der Waals surface area contributed by atoms with Gasteiger partial charge in [-0.3, -0.25) is 4.79 Å². The molecule has 24 heavy (non-hydrogen) atoms. The van der Waals surface area contributed by atoms with E-state index in [1.807, 2.05) is 0 Å². The molecule has 3 N–H and O–H groups in total. The number of benzene rings is 2. The highest BCUT2D eigenvalue weighted by molar-refractivity contribution is 7.89. The summed E-state index contributed by atoms with van der Waals surface area (Å²) in [6.07, 6.45) is 1.20. The largest absolute Gasteiger partial charge is 0.507 e. The van der Waals surface area contributed by atoms with Crippen molar-refractivity contribution in [3.63, 3.8) is 0 Å². The van der Waals surface area contributed by atoms with Crippen LogP contribution in [0.5, 0.6) is 5.75 Å². The molecule has 0 aliphatic rings. The second kappa shape index (κ2) is 7.91. The van der Waals surface area contributed by atoms with Crippen molar-refractivity contribution in [3.8, 4) is 5.75 Å². The number of rotatable bonds is 6. The molecule has 0 aromatic heterocycles. The summed E-state index contributed by atoms with van der Waals surface area (Å²) in [5, 5.41) is 13.6. The third-order valence-electron chi connectivity index (χ3n) is 2.86. The first kappa shape index (κ1) is 17.9. The maximum Gasteiger partial charge on any atom is 0.255 e. The predicted octanol–water partition coefficient (Wildman–Crippen LogP) is 1.47. The maximum absolute atomic E-state index is 11.9. The van der Waals surface area contributed by atoms with Gasteiger partial charge in [0, 0.05) is 10.6 Å². The average molecular weight is 368 g/mol. The van der Waals surface area contributed by atoms with Crippen LogP contribution in [0.4, 0.5) is 0 Å². The average Bonchev–Trinajstić information content (AvgIpc) is 2.57. The normalized spacial score (nSPS) is 11.5. The highest BCUT2D eigenvalue weighted by Gasteiger charge is 2.14. The van der Waals surface area contributed by atoms with Gasteiger partial charge in [-0.2, -0.15) is 5.10 Å². The summed E-state index contributed by atoms with van der Waals surface area (Å²) < 4.78 is 26.0. The Morgan fingerprint density at radius 3 is 2.62 bits per heavy atom. The van der Waals surface area contributed by atoms with Crippen molar-refractivity contribution in [1.82, 2.24) is 10.1 Å². The van der Waals surface area contributed by atoms with E-state index >= 15 is 0 Å². The van der Waals surface area contributed by atoms with E-state index in [2.05, 4.69) is 15.2 Å². The standard InChI is InChI=1S/C15H14ClN3O4S/c16-12-6-7-14(20)11(8-12)9-17-19-15(21)10-18-24(22,23)13-4-2-1-3-5-13/h1-9,18,20H,10H2,(H,19,21)/b17-9+. The Balaban J connectivity index is 1.90. The molecular formula is C15H14ClN3O4S. The summed E-state index contributed by atoms with van der Waals surface area (Å²) >= 11 is 5.78. The van der Waals surface area contributed by atoms with Gasteiger partial charge >= 0.3 is 0 Å². The van der Waals surface area contributed by atoms with Gasteiger partial charge in [0.15, 0.2) is 0 Å². The number of aromatic hydroxyl groups is 1. The van der Waals surface area contributed by atoms with Crippen LogP contribution in [0, 0.1) is 0 Å². The molecule has 0 heterocycles. The van der Waals surface area contributed by atoms with Crippen molar-refractivity contribution < 1.29 is 18.3 Å². The first-order chi connectivity index (χ1) is 11.4. The van der Waals surface area contributed by atoms with Crippen molar-refractivity contribution in [2.24, 2.45) is 5.10 Å². The van der Waals surface area contributed by atoms with Crippen LogP contribution in [-0.2, 0) is 14.8 Å². The molecule has 0 bridgehead atoms. The van der Waals surface area contributed by atoms with E-state index in [1.165, 1.54) is 36.5 Å². The predicted molar refractivity (Wildman–Crippen MR) is 90.5 cm³/mol. The summed E-state index contributed by atoms with van der Waals surface area (Å²) in [6, 6.07) is 12.0. The number of carbonyl (C=O) groups is 1. The molecule has 9 heteroatoms. The lowest BCUT2D eigenvalue weighted by atomic mass is 10.2. The third-order valence-corrected chi connectivity index (χ3v) is 4.51. The van der Waals surface area contributed by atoms with E-state index in [0.29, 0.717) is 10.6 Å². The summed E-state index contributed by atoms with van der Waals surface area (Å²) in [4.78, 5) is 11.7. The van der Waals surface area contributed by atoms with Crippen molar-refractivity contribution in [3.05, 3.63) is 59.1 Å². The molecule has 0 saturated heterocycles. The van der Waals surface area contributed by atoms with Gasteiger partial charge in [0.05, 0.1) is 17.7 Å². The Labute approximate surface area is 144 Å². The molecule has 1 amide bonds. The van der Waals surface area contributed by atoms with Crippen LogP contribution in [0.2, 0.25) is 5.02 Å². The van der Waals surface area contributed by atoms with Crippen LogP contribution < -0.4 is 10.1 Å². The number of halogens is 1. The summed E-state index contributed by atoms with van der Waals surface area (Å²) in [5.41, 5.74) is 2.46. The minimum absolute atomic E-state index is 0.0535. The monoisotopic (exact) mass is 367 g/mol. The number of amides is 1. The summed E-state index contributed by atoms with van der Waals surface area (Å²) in [6.45, 7) is -0.476. The molecule has 0 atom stereocenters. The number of nitrogens with zero attached hydrogens (tertiary/aromatic N) is 1. The lowest BCUT2D eigenvalue weighted by molar-refractivity contribution is -0.119. The minimum atomic E-state index is -3.77. The zero-order valence-electron chi connectivity index (χ0n) is 12.3. The van der Waals surface area contributed by atoms with Crippen LogP contribution in [0.3, 0.4) is 0 Å². The van der Waals surface area contributed by atoms with Gasteiger partial charge in [-0.15, -0.1) is 0 Å². The van der Waals surface area contributed by atoms with Crippen LogP contribution in [0.15, 0.2) is 58.5 Å². The SMILES string of the molecule is O=C(CNS(=O)(=O)c1ccccc1)N/N=C/c1cc(Cl)ccc1O. The van der Waals surface area contributed by atoms with Crippen molar-refractivity contribution in [2.45, 2.75) is 4.90 Å². The molecule has 0 saturated carbocycles. The number of phenolic OH excluding ortho intramolecular Hbond substituents is 1. The Bertz CT molecular complexity index is 854. The highest BCUT2D eigenvalue weighted by Crippen LogP contribution is 2.19. The molecule has 126 valence electrons. The minimum Gasteiger partial charge on any atom is -0.507 e. The van der Waals surface area contributed by atoms with Crippen LogP contribution in [-0.4, -0.2) is 32.2 Å². The van der Waals surface area contributed by atoms with E-state index < -0.39 is 22.5 Å². The number of sulfonamides is 1. The number of carbonyl (C=O) groups excluding carboxylic acids is 1. The molecule has 2 aromatic rings. The van der Waals surface area contributed by atoms with E-state index in [0.717, 1.165) is 0 Å². The molecule has 0 aliphatic heterocycles. The number of hydrazone groups is 1. The lowest BCUT2D eigenvalue weighted by Crippen LogP contribution is -2.34. The molecule has 0 spiro atoms. The topological polar surface area (TPSA) is 108 Å². The van der Waals surface area contributed by atoms with Crippen molar-refractivity contribution in [1.29, 1.82) is 0 Å². The Morgan fingerprint density at radius 2 is 1.92 bits per heavy atom. The van der Waals surface area contributed by atoms with Crippen molar-refractivity contribution >= 4 is 33.7 Å². The van der Waals surface area contributed by atoms with Gasteiger partial charge in [-0.1, -0.05) is 29.8 Å². The van der Waals surface area contributed by atoms with Crippen molar-refractivity contribution in [2.75, 3.05) is 6.54 Å². The molecular weight excluding hydrogens is 354 g/mol. The fraction of sp³-hybridized carbons (Fsp3) is 0.0667. The zero-order chi connectivity index (χ0) is 17.6. The highest BCUT2D eigenvalue weighted by atomic mass is 35.5. The molecule has 0 aliphatic carbocycles. The van der Waals surface area contributed by atoms with E-state index in [-0.39, 0.29) is 10.6 Å². The smallest absolute Gasteiger partial charge is 0.255 e. The Kier molecular flexibility index (Phi) is 5.91. The van der Waals surface area contributed by atoms with E-state index in [4.69, 9.17) is 11.6 Å². The second-order valence-electron chi connectivity index (χ2n) is 4.63. The van der Waals surface area contributed by atoms with Gasteiger partial charge in [-0.05, 0) is 30.3 Å². The summed E-state index contributed by atoms with van der Waals surface area (Å²) in [7, 11) is -3.77. The first-order valence-electron chi connectivity index (χ1n) is 6.73. The Hall–Kier alpha value is -2.42. The molecule has 0 radical (unpaired) electrons. The quantitative estimate of drug-likeness (QED) is 0.530. The van der Waals surface area contributed by atoms with Gasteiger partial charge in [0.25, 0.3) is 5.91 Å². The summed E-state index contributed by atoms with van der Waals surface area (Å²) in [5.74, 6) is -0.713. The van der Waals surface area contributed by atoms with Gasteiger partial charge in [-0.25, -0.2) is 18.6 Å². The third kappa shape index (κ3) is 5.05. The molecule has 2 rings (SSSR count). The second-order valence-corrected chi connectivity index (χ2v) is 6.84. The molecule has 0 fully saturated rings. The molecule has 2 aromatic carbocycles. The van der Waals surface area contributed by atoms with Crippen LogP contribution in [0.25, 0.3) is 0 Å². The fourth-order valence-electron chi connectivity index (χ4n) is 1.69. The van der Waals surface area contributed by atoms with Gasteiger partial charge in [0.2, 0.25) is 10.0 Å². The van der Waals surface area contributed by atoms with Crippen LogP contribution in [0.1, 0.15) is 5.56 Å². The lowest BCUT2D eigenvalue weighted by Gasteiger charge is -2.05. The molecule has 0 unspecified atom stereocenters. The van der Waals surface area contributed by atoms with Gasteiger partial charge in [0.1, 0.15) is 5.75 Å². The van der Waals surface area contributed by atoms with E-state index in [1.54, 1.807) is 18.2 Å². The number of hydrogen-bond acceptors (Lipinski definition) is 5. The van der Waals surface area contributed by atoms with Gasteiger partial charge < -0.3 is 5.11 Å². The van der Waals surface area contributed by atoms with E-state index in [9.17, 15) is 18.3 Å². The van der Waals surface area contributed by atoms with Crippen LogP contribution >= 0.6 is 11.6 Å². The first-order valence-corrected chi connectivity index (χ1v) is 8.60. The Morgan fingerprint density at radius 1 is 1.21 bits per heavy atom. The number of phenols is 1. The zero-order valence-corrected chi connectivity index (χ0v) is 13.9. The number of hydrogen-bond donors (Lipinski definition) is 3. The maximum atomic E-state index is 11.9. The number of nitrogens with one attached hydrogen (secondary N) is 2. The molecule has 7 nitrogen and oxygen atoms in total. The fourth-order valence-corrected chi connectivity index (χ4v) is 2.87.